The van der Waals surface area contributed by atoms with Gasteiger partial charge in [0, 0.05) is 0 Å². The van der Waals surface area contributed by atoms with Crippen LogP contribution in [0.3, 0.4) is 0 Å². The first-order valence-corrected chi connectivity index (χ1v) is 6.11. The van der Waals surface area contributed by atoms with Gasteiger partial charge in [-0.25, -0.2) is 4.79 Å². The smallest absolute Gasteiger partial charge is 0.329 e. The van der Waals surface area contributed by atoms with Crippen LogP contribution in [0.15, 0.2) is 24.3 Å². The Morgan fingerprint density at radius 2 is 1.68 bits per heavy atom. The molecule has 5 heteroatoms. The first-order chi connectivity index (χ1) is 8.92. The first kappa shape index (κ1) is 11.9. The van der Waals surface area contributed by atoms with Crippen LogP contribution in [0.4, 0.5) is 0 Å². The topological polar surface area (TPSA) is 63.7 Å². The molecule has 1 atom stereocenters. The molecule has 0 saturated heterocycles. The van der Waals surface area contributed by atoms with E-state index in [9.17, 15) is 14.4 Å². The van der Waals surface area contributed by atoms with E-state index in [2.05, 4.69) is 0 Å². The maximum Gasteiger partial charge on any atom is 0.336 e. The highest BCUT2D eigenvalue weighted by atomic mass is 16.7. The van der Waals surface area contributed by atoms with Crippen molar-refractivity contribution in [2.24, 2.45) is 11.3 Å². The van der Waals surface area contributed by atoms with E-state index in [1.807, 2.05) is 13.8 Å². The second-order valence-corrected chi connectivity index (χ2v) is 5.61. The van der Waals surface area contributed by atoms with Gasteiger partial charge in [0.2, 0.25) is 0 Å². The van der Waals surface area contributed by atoms with Gasteiger partial charge in [-0.05, 0) is 24.0 Å². The molecule has 1 aliphatic carbocycles. The van der Waals surface area contributed by atoms with Crippen LogP contribution >= 0.6 is 0 Å². The number of rotatable bonds is 2. The predicted molar refractivity (Wildman–Crippen MR) is 64.9 cm³/mol. The number of nitrogens with zero attached hydrogens (tertiary/aromatic N) is 1. The molecule has 98 valence electrons. The van der Waals surface area contributed by atoms with Gasteiger partial charge in [0.25, 0.3) is 11.8 Å². The third-order valence-corrected chi connectivity index (χ3v) is 3.74. The minimum Gasteiger partial charge on any atom is -0.329 e. The maximum atomic E-state index is 12.0. The molecule has 1 heterocycles. The lowest BCUT2D eigenvalue weighted by molar-refractivity contribution is -0.171. The molecule has 0 spiro atoms. The van der Waals surface area contributed by atoms with E-state index in [0.29, 0.717) is 5.06 Å². The zero-order valence-electron chi connectivity index (χ0n) is 10.7. The molecule has 0 N–H and O–H groups in total. The third-order valence-electron chi connectivity index (χ3n) is 3.74. The number of benzene rings is 1. The molecule has 1 aromatic carbocycles. The fourth-order valence-electron chi connectivity index (χ4n) is 2.27. The second kappa shape index (κ2) is 3.66. The lowest BCUT2D eigenvalue weighted by atomic mass is 10.1. The van der Waals surface area contributed by atoms with Crippen molar-refractivity contribution in [2.75, 3.05) is 0 Å². The van der Waals surface area contributed by atoms with Gasteiger partial charge < -0.3 is 4.84 Å². The SMILES string of the molecule is CC1(C)CC1C(=O)ON1C(=O)c2ccccc2C1=O. The summed E-state index contributed by atoms with van der Waals surface area (Å²) in [7, 11) is 0. The van der Waals surface area contributed by atoms with E-state index in [1.54, 1.807) is 24.3 Å². The van der Waals surface area contributed by atoms with Gasteiger partial charge in [-0.15, -0.1) is 0 Å². The fourth-order valence-corrected chi connectivity index (χ4v) is 2.27. The molecule has 1 aromatic rings. The second-order valence-electron chi connectivity index (χ2n) is 5.61. The number of carbonyl (C=O) groups is 3. The van der Waals surface area contributed by atoms with Crippen LogP contribution in [0, 0.1) is 11.3 Å². The minimum atomic E-state index is -0.576. The molecule has 1 fully saturated rings. The number of hydrogen-bond acceptors (Lipinski definition) is 4. The van der Waals surface area contributed by atoms with Gasteiger partial charge >= 0.3 is 5.97 Å². The summed E-state index contributed by atoms with van der Waals surface area (Å²) in [5.74, 6) is -1.91. The van der Waals surface area contributed by atoms with E-state index < -0.39 is 17.8 Å². The summed E-state index contributed by atoms with van der Waals surface area (Å²) in [5.41, 5.74) is 0.446. The zero-order chi connectivity index (χ0) is 13.8. The van der Waals surface area contributed by atoms with Crippen LogP contribution in [0.5, 0.6) is 0 Å². The molecular weight excluding hydrogens is 246 g/mol. The summed E-state index contributed by atoms with van der Waals surface area (Å²) in [4.78, 5) is 40.8. The highest BCUT2D eigenvalue weighted by Gasteiger charge is 2.53. The number of hydroxylamine groups is 2. The summed E-state index contributed by atoms with van der Waals surface area (Å²) in [6, 6.07) is 6.42. The quantitative estimate of drug-likeness (QED) is 0.759. The lowest BCUT2D eigenvalue weighted by Gasteiger charge is -2.13. The Morgan fingerprint density at radius 3 is 2.11 bits per heavy atom. The van der Waals surface area contributed by atoms with Crippen molar-refractivity contribution in [1.82, 2.24) is 5.06 Å². The Kier molecular flexibility index (Phi) is 2.29. The van der Waals surface area contributed by atoms with Gasteiger partial charge in [0.05, 0.1) is 17.0 Å². The largest absolute Gasteiger partial charge is 0.336 e. The van der Waals surface area contributed by atoms with Crippen molar-refractivity contribution in [3.8, 4) is 0 Å². The summed E-state index contributed by atoms with van der Waals surface area (Å²) < 4.78 is 0. The van der Waals surface area contributed by atoms with Gasteiger partial charge in [0.1, 0.15) is 0 Å². The Hall–Kier alpha value is -2.17. The molecule has 19 heavy (non-hydrogen) atoms. The normalized spacial score (nSPS) is 23.3. The van der Waals surface area contributed by atoms with Gasteiger partial charge in [0.15, 0.2) is 0 Å². The molecule has 1 unspecified atom stereocenters. The Bertz CT molecular complexity index is 570. The Labute approximate surface area is 110 Å². The van der Waals surface area contributed by atoms with Gasteiger partial charge in [-0.3, -0.25) is 9.59 Å². The van der Waals surface area contributed by atoms with Crippen LogP contribution in [-0.4, -0.2) is 22.8 Å². The van der Waals surface area contributed by atoms with Crippen LogP contribution in [0.2, 0.25) is 0 Å². The molecule has 0 bridgehead atoms. The van der Waals surface area contributed by atoms with E-state index >= 15 is 0 Å². The van der Waals surface area contributed by atoms with Crippen molar-refractivity contribution >= 4 is 17.8 Å². The molecule has 3 rings (SSSR count). The standard InChI is InChI=1S/C14H13NO4/c1-14(2)7-10(14)13(18)19-15-11(16)8-5-3-4-6-9(8)12(15)17/h3-6,10H,7H2,1-2H3. The lowest BCUT2D eigenvalue weighted by Crippen LogP contribution is -2.33. The predicted octanol–water partition coefficient (Wildman–Crippen LogP) is 1.79. The molecule has 2 aliphatic rings. The molecule has 5 nitrogen and oxygen atoms in total. The molecular formula is C14H13NO4. The molecule has 0 radical (unpaired) electrons. The Morgan fingerprint density at radius 1 is 1.21 bits per heavy atom. The van der Waals surface area contributed by atoms with Crippen molar-refractivity contribution in [3.05, 3.63) is 35.4 Å². The van der Waals surface area contributed by atoms with Gasteiger partial charge in [-0.1, -0.05) is 31.0 Å². The van der Waals surface area contributed by atoms with Crippen LogP contribution in [0.1, 0.15) is 41.0 Å². The molecule has 0 aromatic heterocycles. The van der Waals surface area contributed by atoms with Gasteiger partial charge in [-0.2, -0.15) is 0 Å². The number of carbonyl (C=O) groups excluding carboxylic acids is 3. The number of amides is 2. The Balaban J connectivity index is 1.80. The molecule has 1 saturated carbocycles. The maximum absolute atomic E-state index is 12.0. The van der Waals surface area contributed by atoms with Crippen molar-refractivity contribution in [3.63, 3.8) is 0 Å². The molecule has 2 amide bonds. The van der Waals surface area contributed by atoms with Crippen molar-refractivity contribution < 1.29 is 19.2 Å². The first-order valence-electron chi connectivity index (χ1n) is 6.11. The van der Waals surface area contributed by atoms with Crippen molar-refractivity contribution in [2.45, 2.75) is 20.3 Å². The number of hydrogen-bond donors (Lipinski definition) is 0. The highest BCUT2D eigenvalue weighted by Crippen LogP contribution is 2.52. The van der Waals surface area contributed by atoms with Crippen LogP contribution in [-0.2, 0) is 9.63 Å². The summed E-state index contributed by atoms with van der Waals surface area (Å²) in [5, 5.41) is 0.571. The summed E-state index contributed by atoms with van der Waals surface area (Å²) in [6.45, 7) is 3.89. The van der Waals surface area contributed by atoms with E-state index in [1.165, 1.54) is 0 Å². The zero-order valence-corrected chi connectivity index (χ0v) is 10.7. The van der Waals surface area contributed by atoms with E-state index in [4.69, 9.17) is 4.84 Å². The number of imide groups is 1. The third kappa shape index (κ3) is 1.73. The van der Waals surface area contributed by atoms with Crippen LogP contribution < -0.4 is 0 Å². The average Bonchev–Trinajstić information content (AvgIpc) is 2.96. The summed E-state index contributed by atoms with van der Waals surface area (Å²) >= 11 is 0. The van der Waals surface area contributed by atoms with Crippen molar-refractivity contribution in [1.29, 1.82) is 0 Å². The van der Waals surface area contributed by atoms with Crippen LogP contribution in [0.25, 0.3) is 0 Å². The number of fused-ring (bicyclic) bond motifs is 1. The summed E-state index contributed by atoms with van der Waals surface area (Å²) in [6.07, 6.45) is 0.717. The average molecular weight is 259 g/mol. The monoisotopic (exact) mass is 259 g/mol. The van der Waals surface area contributed by atoms with E-state index in [0.717, 1.165) is 6.42 Å². The highest BCUT2D eigenvalue weighted by molar-refractivity contribution is 6.20. The molecule has 1 aliphatic heterocycles. The van der Waals surface area contributed by atoms with E-state index in [-0.39, 0.29) is 22.5 Å². The minimum absolute atomic E-state index is 0.101. The fraction of sp³-hybridized carbons (Fsp3) is 0.357.